The molecule has 0 unspecified atom stereocenters. The van der Waals surface area contributed by atoms with Crippen LogP contribution in [0.3, 0.4) is 0 Å². The number of halogens is 2. The number of hydrogen-bond donors (Lipinski definition) is 4. The van der Waals surface area contributed by atoms with Gasteiger partial charge in [-0.2, -0.15) is 0 Å². The Morgan fingerprint density at radius 3 is 1.17 bits per heavy atom. The topological polar surface area (TPSA) is 120 Å². The smallest absolute Gasteiger partial charge is 0.265 e. The number of hydrazine groups is 2. The fraction of sp³-hybridized carbons (Fsp3) is 0. The monoisotopic (exact) mass is 682 g/mol. The molecule has 6 rings (SSSR count). The maximum Gasteiger partial charge on any atom is 0.265 e. The van der Waals surface area contributed by atoms with Crippen molar-refractivity contribution in [2.24, 2.45) is 11.7 Å². The van der Waals surface area contributed by atoms with Crippen LogP contribution in [0.4, 0.5) is 0 Å². The lowest BCUT2D eigenvalue weighted by molar-refractivity contribution is 0.0945. The van der Waals surface area contributed by atoms with E-state index in [4.69, 9.17) is 11.7 Å². The molecule has 4 aromatic carbocycles. The van der Waals surface area contributed by atoms with E-state index in [-0.39, 0.29) is 11.8 Å². The summed E-state index contributed by atoms with van der Waals surface area (Å²) in [7, 11) is 0. The molecule has 2 aromatic heterocycles. The fourth-order valence-corrected chi connectivity index (χ4v) is 5.60. The number of hydrogen-bond acceptors (Lipinski definition) is 4. The van der Waals surface area contributed by atoms with E-state index >= 15 is 0 Å². The number of nitrogens with two attached hydrogens (primary N) is 2. The second-order valence-electron chi connectivity index (χ2n) is 9.55. The number of aromatic nitrogens is 2. The van der Waals surface area contributed by atoms with Crippen LogP contribution in [0, 0.1) is 0 Å². The Morgan fingerprint density at radius 2 is 0.857 bits per heavy atom. The lowest BCUT2D eigenvalue weighted by atomic mass is 10.1. The molecule has 2 amide bonds. The van der Waals surface area contributed by atoms with Crippen molar-refractivity contribution in [1.82, 2.24) is 20.0 Å². The Morgan fingerprint density at radius 1 is 0.524 bits per heavy atom. The number of nitrogen functional groups attached to an aromatic ring is 2. The fourth-order valence-electron chi connectivity index (χ4n) is 5.07. The van der Waals surface area contributed by atoms with Crippen molar-refractivity contribution < 1.29 is 9.59 Å². The van der Waals surface area contributed by atoms with E-state index in [9.17, 15) is 9.59 Å². The van der Waals surface area contributed by atoms with Gasteiger partial charge in [0, 0.05) is 31.4 Å². The maximum absolute atomic E-state index is 12.1. The third-order valence-corrected chi connectivity index (χ3v) is 8.15. The highest BCUT2D eigenvalue weighted by molar-refractivity contribution is 9.10. The molecule has 0 aliphatic rings. The summed E-state index contributed by atoms with van der Waals surface area (Å²) in [6.45, 7) is 0. The number of benzene rings is 4. The van der Waals surface area contributed by atoms with Gasteiger partial charge in [0.15, 0.2) is 0 Å². The second kappa shape index (κ2) is 11.4. The average Bonchev–Trinajstić information content (AvgIpc) is 3.58. The van der Waals surface area contributed by atoms with Gasteiger partial charge in [-0.3, -0.25) is 20.4 Å². The molecule has 8 nitrogen and oxygen atoms in total. The molecule has 0 saturated heterocycles. The Hall–Kier alpha value is -4.48. The van der Waals surface area contributed by atoms with Crippen LogP contribution in [0.25, 0.3) is 44.9 Å². The minimum atomic E-state index is -0.351. The second-order valence-corrected chi connectivity index (χ2v) is 11.4. The number of amides is 2. The van der Waals surface area contributed by atoms with E-state index in [1.807, 2.05) is 48.5 Å². The predicted octanol–water partition coefficient (Wildman–Crippen LogP) is 6.49. The first kappa shape index (κ1) is 27.7. The van der Waals surface area contributed by atoms with E-state index in [0.29, 0.717) is 11.1 Å². The molecule has 208 valence electrons. The van der Waals surface area contributed by atoms with Crippen LogP contribution in [0.2, 0.25) is 0 Å². The first-order chi connectivity index (χ1) is 20.4. The third kappa shape index (κ3) is 5.05. The number of carbonyl (C=O) groups excluding carboxylic acids is 2. The summed E-state index contributed by atoms with van der Waals surface area (Å²) < 4.78 is 6.36. The van der Waals surface area contributed by atoms with Gasteiger partial charge in [-0.25, -0.2) is 11.7 Å². The van der Waals surface area contributed by atoms with E-state index in [1.54, 1.807) is 24.3 Å². The molecule has 0 bridgehead atoms. The Balaban J connectivity index is 1.62. The van der Waals surface area contributed by atoms with Crippen molar-refractivity contribution in [3.8, 4) is 33.9 Å². The zero-order chi connectivity index (χ0) is 29.4. The van der Waals surface area contributed by atoms with Crippen LogP contribution in [0.15, 0.2) is 118 Å². The quantitative estimate of drug-likeness (QED) is 0.0912. The molecular weight excluding hydrogens is 660 g/mol. The molecule has 42 heavy (non-hydrogen) atoms. The minimum absolute atomic E-state index is 0.351. The third-order valence-electron chi connectivity index (χ3n) is 7.09. The largest absolute Gasteiger partial charge is 0.308 e. The summed E-state index contributed by atoms with van der Waals surface area (Å²) in [5.41, 5.74) is 13.0. The summed E-state index contributed by atoms with van der Waals surface area (Å²) in [5.74, 6) is 9.97. The Kier molecular flexibility index (Phi) is 7.53. The average molecular weight is 684 g/mol. The van der Waals surface area contributed by atoms with Crippen LogP contribution in [0.5, 0.6) is 0 Å². The lowest BCUT2D eigenvalue weighted by Crippen LogP contribution is -2.29. The summed E-state index contributed by atoms with van der Waals surface area (Å²) in [6, 6.07) is 35.3. The van der Waals surface area contributed by atoms with Gasteiger partial charge in [-0.15, -0.1) is 0 Å². The van der Waals surface area contributed by atoms with Crippen molar-refractivity contribution in [1.29, 1.82) is 0 Å². The summed E-state index contributed by atoms with van der Waals surface area (Å²) in [6.07, 6.45) is 0. The van der Waals surface area contributed by atoms with Crippen LogP contribution >= 0.6 is 31.9 Å². The van der Waals surface area contributed by atoms with Crippen LogP contribution < -0.4 is 22.5 Å². The van der Waals surface area contributed by atoms with E-state index in [0.717, 1.165) is 53.9 Å². The number of nitrogens with one attached hydrogen (secondary N) is 2. The minimum Gasteiger partial charge on any atom is -0.308 e. The Bertz CT molecular complexity index is 1780. The first-order valence-electron chi connectivity index (χ1n) is 12.9. The van der Waals surface area contributed by atoms with Gasteiger partial charge in [0.05, 0.1) is 22.4 Å². The van der Waals surface area contributed by atoms with Gasteiger partial charge in [-0.1, -0.05) is 56.1 Å². The molecule has 0 atom stereocenters. The zero-order valence-corrected chi connectivity index (χ0v) is 25.2. The Labute approximate surface area is 258 Å². The summed E-state index contributed by atoms with van der Waals surface area (Å²) in [5, 5.41) is 0. The van der Waals surface area contributed by atoms with Gasteiger partial charge < -0.3 is 9.13 Å². The van der Waals surface area contributed by atoms with Gasteiger partial charge in [-0.05, 0) is 96.1 Å². The molecule has 10 heteroatoms. The normalized spacial score (nSPS) is 11.0. The molecule has 0 aliphatic heterocycles. The van der Waals surface area contributed by atoms with Crippen LogP contribution in [-0.4, -0.2) is 20.9 Å². The van der Waals surface area contributed by atoms with E-state index in [2.05, 4.69) is 88.2 Å². The highest BCUT2D eigenvalue weighted by atomic mass is 79.9. The maximum atomic E-state index is 12.1. The molecule has 2 heterocycles. The van der Waals surface area contributed by atoms with Crippen molar-refractivity contribution >= 4 is 54.7 Å². The molecule has 0 spiro atoms. The predicted molar refractivity (Wildman–Crippen MR) is 172 cm³/mol. The molecule has 6 aromatic rings. The van der Waals surface area contributed by atoms with Gasteiger partial charge in [0.1, 0.15) is 0 Å². The van der Waals surface area contributed by atoms with Crippen molar-refractivity contribution in [2.75, 3.05) is 0 Å². The molecular formula is C32H24Br2N6O2. The standard InChI is InChI=1S/C32H24Br2N6O2/c33-23-9-13-25(14-10-23)39-27(19-1-5-21(6-2-19)31(41)37-35)17-29-30(39)18-28(40(29)26-15-11-24(34)12-16-26)20-3-7-22(8-4-20)32(42)38-36/h1-18H,35-36H2,(H,37,41)(H,38,42). The molecule has 0 fully saturated rings. The van der Waals surface area contributed by atoms with Gasteiger partial charge >= 0.3 is 0 Å². The number of fused-ring (bicyclic) bond motifs is 1. The highest BCUT2D eigenvalue weighted by Crippen LogP contribution is 2.39. The SMILES string of the molecule is NNC(=O)c1ccc(-c2cc3c(cc(-c4ccc(C(=O)NN)cc4)n3-c3ccc(Br)cc3)n2-c2ccc(Br)cc2)cc1. The molecule has 0 radical (unpaired) electrons. The van der Waals surface area contributed by atoms with Crippen molar-refractivity contribution in [2.45, 2.75) is 0 Å². The van der Waals surface area contributed by atoms with E-state index < -0.39 is 0 Å². The first-order valence-corrected chi connectivity index (χ1v) is 14.5. The number of carbonyl (C=O) groups is 2. The van der Waals surface area contributed by atoms with Crippen molar-refractivity contribution in [3.05, 3.63) is 129 Å². The summed E-state index contributed by atoms with van der Waals surface area (Å²) >= 11 is 7.10. The highest BCUT2D eigenvalue weighted by Gasteiger charge is 2.21. The number of rotatable bonds is 6. The zero-order valence-electron chi connectivity index (χ0n) is 22.0. The molecule has 6 N–H and O–H groups in total. The molecule has 0 aliphatic carbocycles. The lowest BCUT2D eigenvalue weighted by Gasteiger charge is -2.13. The van der Waals surface area contributed by atoms with E-state index in [1.165, 1.54) is 0 Å². The van der Waals surface area contributed by atoms with Crippen LogP contribution in [-0.2, 0) is 0 Å². The van der Waals surface area contributed by atoms with Gasteiger partial charge in [0.2, 0.25) is 0 Å². The molecule has 0 saturated carbocycles. The van der Waals surface area contributed by atoms with Gasteiger partial charge in [0.25, 0.3) is 11.8 Å². The van der Waals surface area contributed by atoms with Crippen LogP contribution in [0.1, 0.15) is 20.7 Å². The number of nitrogens with zero attached hydrogens (tertiary/aromatic N) is 2. The summed E-state index contributed by atoms with van der Waals surface area (Å²) in [4.78, 5) is 24.1. The van der Waals surface area contributed by atoms with Crippen molar-refractivity contribution in [3.63, 3.8) is 0 Å².